The van der Waals surface area contributed by atoms with Crippen LogP contribution in [0, 0.1) is 18.3 Å². The molecule has 0 atom stereocenters. The molecule has 0 aliphatic carbocycles. The number of rotatable bonds is 8. The Bertz CT molecular complexity index is 1270. The maximum atomic E-state index is 12.7. The van der Waals surface area contributed by atoms with Gasteiger partial charge in [0.15, 0.2) is 11.5 Å². The van der Waals surface area contributed by atoms with Crippen LogP contribution in [0.2, 0.25) is 10.0 Å². The molecule has 0 saturated heterocycles. The number of carbonyl (C=O) groups excluding carboxylic acids is 1. The normalized spacial score (nSPS) is 11.0. The third-order valence-corrected chi connectivity index (χ3v) is 6.06. The fourth-order valence-corrected chi connectivity index (χ4v) is 4.18. The van der Waals surface area contributed by atoms with Crippen LogP contribution in [0.5, 0.6) is 11.5 Å². The molecule has 0 unspecified atom stereocenters. The van der Waals surface area contributed by atoms with Crippen molar-refractivity contribution in [1.82, 2.24) is 0 Å². The monoisotopic (exact) mass is 558 g/mol. The third kappa shape index (κ3) is 6.32. The second-order valence-corrected chi connectivity index (χ2v) is 8.87. The fraction of sp³-hybridized carbons (Fsp3) is 0.154. The Morgan fingerprint density at radius 2 is 1.82 bits per heavy atom. The van der Waals surface area contributed by atoms with Crippen LogP contribution in [0.3, 0.4) is 0 Å². The lowest BCUT2D eigenvalue weighted by atomic mass is 10.1. The first-order chi connectivity index (χ1) is 16.3. The van der Waals surface area contributed by atoms with Crippen molar-refractivity contribution < 1.29 is 14.3 Å². The highest BCUT2D eigenvalue weighted by Crippen LogP contribution is 2.38. The predicted octanol–water partition coefficient (Wildman–Crippen LogP) is 7.59. The zero-order valence-corrected chi connectivity index (χ0v) is 21.6. The smallest absolute Gasteiger partial charge is 0.266 e. The van der Waals surface area contributed by atoms with Crippen molar-refractivity contribution in [3.63, 3.8) is 0 Å². The summed E-state index contributed by atoms with van der Waals surface area (Å²) in [5, 5.41) is 12.7. The average Bonchev–Trinajstić information content (AvgIpc) is 2.80. The van der Waals surface area contributed by atoms with E-state index in [1.807, 2.05) is 44.2 Å². The van der Waals surface area contributed by atoms with E-state index in [9.17, 15) is 10.1 Å². The Labute approximate surface area is 217 Å². The fourth-order valence-electron chi connectivity index (χ4n) is 3.11. The molecule has 3 aromatic rings. The first-order valence-corrected chi connectivity index (χ1v) is 11.9. The molecule has 0 aromatic heterocycles. The van der Waals surface area contributed by atoms with Crippen molar-refractivity contribution in [2.45, 2.75) is 20.5 Å². The SMILES string of the molecule is CCOc1cc(/C=C(\C#N)C(=O)Nc2c(Cl)cccc2Cl)cc(Br)c1OCc1ccccc1C. The van der Waals surface area contributed by atoms with E-state index in [-0.39, 0.29) is 21.3 Å². The van der Waals surface area contributed by atoms with Gasteiger partial charge in [0.1, 0.15) is 18.2 Å². The van der Waals surface area contributed by atoms with E-state index in [0.717, 1.165) is 11.1 Å². The summed E-state index contributed by atoms with van der Waals surface area (Å²) in [7, 11) is 0. The number of hydrogen-bond donors (Lipinski definition) is 1. The van der Waals surface area contributed by atoms with Crippen molar-refractivity contribution in [1.29, 1.82) is 5.26 Å². The molecule has 0 saturated carbocycles. The van der Waals surface area contributed by atoms with E-state index in [1.54, 1.807) is 30.3 Å². The zero-order chi connectivity index (χ0) is 24.7. The minimum absolute atomic E-state index is 0.126. The number of halogens is 3. The molecular weight excluding hydrogens is 539 g/mol. The van der Waals surface area contributed by atoms with Crippen LogP contribution in [-0.2, 0) is 11.4 Å². The second-order valence-electron chi connectivity index (χ2n) is 7.20. The van der Waals surface area contributed by atoms with Crippen LogP contribution in [0.1, 0.15) is 23.6 Å². The highest BCUT2D eigenvalue weighted by atomic mass is 79.9. The summed E-state index contributed by atoms with van der Waals surface area (Å²) in [6.07, 6.45) is 1.46. The molecule has 0 spiro atoms. The quantitative estimate of drug-likeness (QED) is 0.228. The Morgan fingerprint density at radius 3 is 2.47 bits per heavy atom. The Morgan fingerprint density at radius 1 is 1.12 bits per heavy atom. The molecule has 0 aliphatic heterocycles. The molecule has 0 bridgehead atoms. The van der Waals surface area contributed by atoms with Crippen molar-refractivity contribution >= 4 is 56.8 Å². The molecular formula is C26H21BrCl2N2O3. The standard InChI is InChI=1S/C26H21BrCl2N2O3/c1-3-33-23-13-17(12-20(27)25(23)34-15-18-8-5-4-7-16(18)2)11-19(14-30)26(32)31-24-21(28)9-6-10-22(24)29/h4-13H,3,15H2,1-2H3,(H,31,32)/b19-11+. The number of nitrogens with one attached hydrogen (secondary N) is 1. The summed E-state index contributed by atoms with van der Waals surface area (Å²) >= 11 is 15.8. The zero-order valence-electron chi connectivity index (χ0n) is 18.5. The number of carbonyl (C=O) groups is 1. The van der Waals surface area contributed by atoms with Gasteiger partial charge in [0.05, 0.1) is 26.8 Å². The van der Waals surface area contributed by atoms with E-state index in [1.165, 1.54) is 6.08 Å². The summed E-state index contributed by atoms with van der Waals surface area (Å²) in [6.45, 7) is 4.67. The summed E-state index contributed by atoms with van der Waals surface area (Å²) < 4.78 is 12.5. The number of para-hydroxylation sites is 1. The summed E-state index contributed by atoms with van der Waals surface area (Å²) in [4.78, 5) is 12.7. The van der Waals surface area contributed by atoms with Crippen LogP contribution in [0.4, 0.5) is 5.69 Å². The molecule has 0 aliphatic rings. The van der Waals surface area contributed by atoms with Crippen molar-refractivity contribution in [2.24, 2.45) is 0 Å². The van der Waals surface area contributed by atoms with E-state index in [4.69, 9.17) is 32.7 Å². The largest absolute Gasteiger partial charge is 0.490 e. The van der Waals surface area contributed by atoms with Crippen LogP contribution in [-0.4, -0.2) is 12.5 Å². The van der Waals surface area contributed by atoms with Crippen LogP contribution in [0.15, 0.2) is 64.6 Å². The number of anilines is 1. The topological polar surface area (TPSA) is 71.3 Å². The number of aryl methyl sites for hydroxylation is 1. The maximum absolute atomic E-state index is 12.7. The van der Waals surface area contributed by atoms with Gasteiger partial charge in [-0.15, -0.1) is 0 Å². The molecule has 8 heteroatoms. The van der Waals surface area contributed by atoms with Gasteiger partial charge in [0.2, 0.25) is 0 Å². The lowest BCUT2D eigenvalue weighted by Crippen LogP contribution is -2.14. The summed E-state index contributed by atoms with van der Waals surface area (Å²) in [6, 6.07) is 18.2. The van der Waals surface area contributed by atoms with E-state index in [2.05, 4.69) is 21.2 Å². The highest BCUT2D eigenvalue weighted by Gasteiger charge is 2.16. The Kier molecular flexibility index (Phi) is 9.00. The van der Waals surface area contributed by atoms with Crippen LogP contribution >= 0.6 is 39.1 Å². The summed E-state index contributed by atoms with van der Waals surface area (Å²) in [5.41, 5.74) is 2.88. The molecule has 0 fully saturated rings. The molecule has 34 heavy (non-hydrogen) atoms. The maximum Gasteiger partial charge on any atom is 0.266 e. The van der Waals surface area contributed by atoms with Gasteiger partial charge in [-0.1, -0.05) is 53.5 Å². The third-order valence-electron chi connectivity index (χ3n) is 4.84. The van der Waals surface area contributed by atoms with E-state index in [0.29, 0.717) is 34.7 Å². The van der Waals surface area contributed by atoms with Gasteiger partial charge in [0.25, 0.3) is 5.91 Å². The number of hydrogen-bond acceptors (Lipinski definition) is 4. The molecule has 0 heterocycles. The van der Waals surface area contributed by atoms with Gasteiger partial charge in [-0.05, 0) is 76.8 Å². The molecule has 174 valence electrons. The van der Waals surface area contributed by atoms with Gasteiger partial charge in [-0.25, -0.2) is 0 Å². The molecule has 3 rings (SSSR count). The number of ether oxygens (including phenoxy) is 2. The van der Waals surface area contributed by atoms with Gasteiger partial charge < -0.3 is 14.8 Å². The van der Waals surface area contributed by atoms with E-state index >= 15 is 0 Å². The van der Waals surface area contributed by atoms with Gasteiger partial charge in [0, 0.05) is 0 Å². The number of amides is 1. The number of nitrogens with zero attached hydrogens (tertiary/aromatic N) is 1. The Balaban J connectivity index is 1.88. The van der Waals surface area contributed by atoms with Gasteiger partial charge >= 0.3 is 0 Å². The van der Waals surface area contributed by atoms with Gasteiger partial charge in [-0.3, -0.25) is 4.79 Å². The van der Waals surface area contributed by atoms with Gasteiger partial charge in [-0.2, -0.15) is 5.26 Å². The molecule has 1 N–H and O–H groups in total. The van der Waals surface area contributed by atoms with Crippen molar-refractivity contribution in [3.8, 4) is 17.6 Å². The molecule has 0 radical (unpaired) electrons. The van der Waals surface area contributed by atoms with Crippen molar-refractivity contribution in [3.05, 3.63) is 91.4 Å². The number of nitriles is 1. The minimum atomic E-state index is -0.633. The lowest BCUT2D eigenvalue weighted by Gasteiger charge is -2.16. The Hall–Kier alpha value is -2.98. The van der Waals surface area contributed by atoms with Crippen molar-refractivity contribution in [2.75, 3.05) is 11.9 Å². The molecule has 1 amide bonds. The van der Waals surface area contributed by atoms with Crippen LogP contribution < -0.4 is 14.8 Å². The number of benzene rings is 3. The lowest BCUT2D eigenvalue weighted by molar-refractivity contribution is -0.112. The summed E-state index contributed by atoms with van der Waals surface area (Å²) in [5.74, 6) is 0.392. The predicted molar refractivity (Wildman–Crippen MR) is 140 cm³/mol. The second kappa shape index (κ2) is 11.9. The highest BCUT2D eigenvalue weighted by molar-refractivity contribution is 9.10. The van der Waals surface area contributed by atoms with Crippen LogP contribution in [0.25, 0.3) is 6.08 Å². The van der Waals surface area contributed by atoms with E-state index < -0.39 is 5.91 Å². The first-order valence-electron chi connectivity index (χ1n) is 10.3. The first kappa shape index (κ1) is 25.6. The molecule has 3 aromatic carbocycles. The minimum Gasteiger partial charge on any atom is -0.490 e. The average molecular weight is 560 g/mol. The molecule has 5 nitrogen and oxygen atoms in total.